The first-order valence-corrected chi connectivity index (χ1v) is 3.94. The van der Waals surface area contributed by atoms with Gasteiger partial charge in [-0.05, 0) is 19.3 Å². The van der Waals surface area contributed by atoms with Crippen LogP contribution in [0.5, 0.6) is 0 Å². The molecule has 1 aliphatic rings. The lowest BCUT2D eigenvalue weighted by Gasteiger charge is -2.23. The minimum atomic E-state index is 0.381. The van der Waals surface area contributed by atoms with Gasteiger partial charge in [-0.25, -0.2) is 0 Å². The molecule has 0 radical (unpaired) electrons. The maximum atomic E-state index is 4.26. The van der Waals surface area contributed by atoms with E-state index in [1.165, 1.54) is 19.3 Å². The maximum Gasteiger partial charge on any atom is 0.0510 e. The standard InChI is InChI=1S/C5H11NS2/c7-4-2-1-3-5(8)6-4/h4-8H,1-3H2. The summed E-state index contributed by atoms with van der Waals surface area (Å²) < 4.78 is 0. The van der Waals surface area contributed by atoms with Crippen molar-refractivity contribution in [1.82, 2.24) is 5.32 Å². The van der Waals surface area contributed by atoms with Gasteiger partial charge in [0.25, 0.3) is 0 Å². The van der Waals surface area contributed by atoms with E-state index in [9.17, 15) is 0 Å². The Balaban J connectivity index is 2.23. The van der Waals surface area contributed by atoms with Crippen molar-refractivity contribution >= 4 is 25.3 Å². The van der Waals surface area contributed by atoms with Crippen molar-refractivity contribution in [3.63, 3.8) is 0 Å². The molecule has 0 bridgehead atoms. The summed E-state index contributed by atoms with van der Waals surface area (Å²) in [6, 6.07) is 0. The Kier molecular flexibility index (Phi) is 2.53. The van der Waals surface area contributed by atoms with Crippen molar-refractivity contribution in [2.45, 2.75) is 30.0 Å². The smallest absolute Gasteiger partial charge is 0.0510 e. The van der Waals surface area contributed by atoms with Crippen LogP contribution < -0.4 is 5.32 Å². The first kappa shape index (κ1) is 6.78. The molecule has 1 heterocycles. The third-order valence-corrected chi connectivity index (χ3v) is 2.15. The molecule has 1 nitrogen and oxygen atoms in total. The van der Waals surface area contributed by atoms with Gasteiger partial charge in [0.2, 0.25) is 0 Å². The molecule has 1 rings (SSSR count). The van der Waals surface area contributed by atoms with Crippen LogP contribution in [-0.4, -0.2) is 10.7 Å². The SMILES string of the molecule is SC1CCCC(S)N1. The summed E-state index contributed by atoms with van der Waals surface area (Å²) in [5.41, 5.74) is 0. The van der Waals surface area contributed by atoms with Crippen LogP contribution in [0.3, 0.4) is 0 Å². The van der Waals surface area contributed by atoms with E-state index in [1.807, 2.05) is 0 Å². The second-order valence-electron chi connectivity index (χ2n) is 2.13. The first-order chi connectivity index (χ1) is 3.79. The van der Waals surface area contributed by atoms with Crippen molar-refractivity contribution < 1.29 is 0 Å². The van der Waals surface area contributed by atoms with E-state index in [4.69, 9.17) is 0 Å². The molecule has 48 valence electrons. The van der Waals surface area contributed by atoms with Crippen LogP contribution in [-0.2, 0) is 0 Å². The van der Waals surface area contributed by atoms with E-state index < -0.39 is 0 Å². The minimum absolute atomic E-state index is 0.381. The second kappa shape index (κ2) is 2.99. The zero-order chi connectivity index (χ0) is 5.98. The Hall–Kier alpha value is 0.660. The van der Waals surface area contributed by atoms with Crippen LogP contribution in [0.2, 0.25) is 0 Å². The van der Waals surface area contributed by atoms with E-state index >= 15 is 0 Å². The Morgan fingerprint density at radius 1 is 1.12 bits per heavy atom. The summed E-state index contributed by atoms with van der Waals surface area (Å²) in [4.78, 5) is 0. The zero-order valence-corrected chi connectivity index (χ0v) is 6.46. The van der Waals surface area contributed by atoms with Crippen LogP contribution in [0.15, 0.2) is 0 Å². The summed E-state index contributed by atoms with van der Waals surface area (Å²) in [6.45, 7) is 0. The molecular weight excluding hydrogens is 138 g/mol. The van der Waals surface area contributed by atoms with Gasteiger partial charge < -0.3 is 0 Å². The predicted molar refractivity (Wildman–Crippen MR) is 42.5 cm³/mol. The average molecular weight is 149 g/mol. The topological polar surface area (TPSA) is 12.0 Å². The lowest BCUT2D eigenvalue weighted by molar-refractivity contribution is 0.469. The van der Waals surface area contributed by atoms with E-state index in [0.717, 1.165) is 0 Å². The summed E-state index contributed by atoms with van der Waals surface area (Å²) in [6.07, 6.45) is 3.62. The van der Waals surface area contributed by atoms with Crippen LogP contribution in [0.4, 0.5) is 0 Å². The third kappa shape index (κ3) is 1.88. The molecule has 0 aromatic carbocycles. The fourth-order valence-corrected chi connectivity index (χ4v) is 1.74. The molecule has 2 atom stereocenters. The first-order valence-electron chi connectivity index (χ1n) is 2.91. The number of hydrogen-bond donors (Lipinski definition) is 3. The molecule has 1 aliphatic heterocycles. The van der Waals surface area contributed by atoms with Crippen LogP contribution in [0.25, 0.3) is 0 Å². The van der Waals surface area contributed by atoms with Crippen LogP contribution in [0, 0.1) is 0 Å². The zero-order valence-electron chi connectivity index (χ0n) is 4.67. The van der Waals surface area contributed by atoms with Gasteiger partial charge in [0.05, 0.1) is 10.7 Å². The molecule has 0 aliphatic carbocycles. The highest BCUT2D eigenvalue weighted by atomic mass is 32.1. The highest BCUT2D eigenvalue weighted by Gasteiger charge is 2.13. The Labute approximate surface area is 61.1 Å². The van der Waals surface area contributed by atoms with Gasteiger partial charge in [-0.3, -0.25) is 5.32 Å². The summed E-state index contributed by atoms with van der Waals surface area (Å²) in [7, 11) is 0. The largest absolute Gasteiger partial charge is 0.294 e. The fraction of sp³-hybridized carbons (Fsp3) is 1.00. The van der Waals surface area contributed by atoms with Crippen LogP contribution >= 0.6 is 25.3 Å². The van der Waals surface area contributed by atoms with E-state index in [-0.39, 0.29) is 0 Å². The number of hydrogen-bond acceptors (Lipinski definition) is 3. The van der Waals surface area contributed by atoms with Crippen molar-refractivity contribution in [2.75, 3.05) is 0 Å². The minimum Gasteiger partial charge on any atom is -0.294 e. The maximum absolute atomic E-state index is 4.26. The normalized spacial score (nSPS) is 39.8. The summed E-state index contributed by atoms with van der Waals surface area (Å²) >= 11 is 8.52. The molecule has 0 aromatic rings. The van der Waals surface area contributed by atoms with Gasteiger partial charge in [-0.1, -0.05) is 0 Å². The summed E-state index contributed by atoms with van der Waals surface area (Å²) in [5, 5.41) is 3.97. The highest BCUT2D eigenvalue weighted by Crippen LogP contribution is 2.16. The molecule has 0 amide bonds. The van der Waals surface area contributed by atoms with E-state index in [0.29, 0.717) is 10.7 Å². The Morgan fingerprint density at radius 3 is 1.88 bits per heavy atom. The molecular formula is C5H11NS2. The van der Waals surface area contributed by atoms with E-state index in [1.54, 1.807) is 0 Å². The van der Waals surface area contributed by atoms with Crippen molar-refractivity contribution in [3.8, 4) is 0 Å². The quantitative estimate of drug-likeness (QED) is 0.441. The van der Waals surface area contributed by atoms with Crippen molar-refractivity contribution in [3.05, 3.63) is 0 Å². The molecule has 1 fully saturated rings. The Morgan fingerprint density at radius 2 is 1.62 bits per heavy atom. The monoisotopic (exact) mass is 149 g/mol. The molecule has 0 spiro atoms. The third-order valence-electron chi connectivity index (χ3n) is 1.34. The Bertz CT molecular complexity index is 68.8. The molecule has 8 heavy (non-hydrogen) atoms. The van der Waals surface area contributed by atoms with Gasteiger partial charge in [-0.15, -0.1) is 0 Å². The number of rotatable bonds is 0. The molecule has 1 saturated heterocycles. The van der Waals surface area contributed by atoms with Crippen molar-refractivity contribution in [1.29, 1.82) is 0 Å². The van der Waals surface area contributed by atoms with Gasteiger partial charge in [0, 0.05) is 0 Å². The van der Waals surface area contributed by atoms with Gasteiger partial charge >= 0.3 is 0 Å². The summed E-state index contributed by atoms with van der Waals surface area (Å²) in [5.74, 6) is 0. The lowest BCUT2D eigenvalue weighted by atomic mass is 10.2. The lowest BCUT2D eigenvalue weighted by Crippen LogP contribution is -2.35. The van der Waals surface area contributed by atoms with E-state index in [2.05, 4.69) is 30.6 Å². The molecule has 1 N–H and O–H groups in total. The molecule has 0 saturated carbocycles. The van der Waals surface area contributed by atoms with Gasteiger partial charge in [-0.2, -0.15) is 25.3 Å². The van der Waals surface area contributed by atoms with Gasteiger partial charge in [0.15, 0.2) is 0 Å². The highest BCUT2D eigenvalue weighted by molar-refractivity contribution is 7.81. The van der Waals surface area contributed by atoms with Gasteiger partial charge in [0.1, 0.15) is 0 Å². The number of piperidine rings is 1. The molecule has 0 aromatic heterocycles. The second-order valence-corrected chi connectivity index (χ2v) is 3.38. The fourth-order valence-electron chi connectivity index (χ4n) is 0.893. The predicted octanol–water partition coefficient (Wildman–Crippen LogP) is 1.27. The average Bonchev–Trinajstić information content (AvgIpc) is 1.64. The van der Waals surface area contributed by atoms with Crippen LogP contribution in [0.1, 0.15) is 19.3 Å². The number of nitrogens with one attached hydrogen (secondary N) is 1. The number of thiol groups is 2. The molecule has 2 unspecified atom stereocenters. The van der Waals surface area contributed by atoms with Crippen molar-refractivity contribution in [2.24, 2.45) is 0 Å². The molecule has 3 heteroatoms.